The highest BCUT2D eigenvalue weighted by atomic mass is 16.5. The SMILES string of the molecule is Cc1ccc(C)c(C(=O)NCC2(c3ccccc3)CCCOCC2)c1. The van der Waals surface area contributed by atoms with Gasteiger partial charge in [0, 0.05) is 30.7 Å². The molecule has 132 valence electrons. The third-order valence-electron chi connectivity index (χ3n) is 5.28. The first-order valence-corrected chi connectivity index (χ1v) is 9.09. The Kier molecular flexibility index (Phi) is 5.54. The predicted molar refractivity (Wildman–Crippen MR) is 101 cm³/mol. The summed E-state index contributed by atoms with van der Waals surface area (Å²) in [4.78, 5) is 12.8. The van der Waals surface area contributed by atoms with Crippen molar-refractivity contribution in [3.05, 3.63) is 70.8 Å². The predicted octanol–water partition coefficient (Wildman–Crippen LogP) is 4.17. The summed E-state index contributed by atoms with van der Waals surface area (Å²) in [5.74, 6) is 0.0154. The van der Waals surface area contributed by atoms with E-state index in [9.17, 15) is 4.79 Å². The highest BCUT2D eigenvalue weighted by molar-refractivity contribution is 5.95. The van der Waals surface area contributed by atoms with Crippen LogP contribution in [-0.2, 0) is 10.2 Å². The molecule has 2 aromatic carbocycles. The summed E-state index contributed by atoms with van der Waals surface area (Å²) >= 11 is 0. The van der Waals surface area contributed by atoms with E-state index < -0.39 is 0 Å². The molecule has 1 unspecified atom stereocenters. The molecule has 3 nitrogen and oxygen atoms in total. The van der Waals surface area contributed by atoms with Crippen LogP contribution in [-0.4, -0.2) is 25.7 Å². The molecule has 2 aromatic rings. The van der Waals surface area contributed by atoms with Gasteiger partial charge in [-0.25, -0.2) is 0 Å². The first-order valence-electron chi connectivity index (χ1n) is 9.09. The molecule has 1 saturated heterocycles. The van der Waals surface area contributed by atoms with Gasteiger partial charge in [-0.1, -0.05) is 48.0 Å². The van der Waals surface area contributed by atoms with Crippen LogP contribution in [0.2, 0.25) is 0 Å². The Hall–Kier alpha value is -2.13. The van der Waals surface area contributed by atoms with Gasteiger partial charge in [0.2, 0.25) is 0 Å². The Bertz CT molecular complexity index is 716. The molecule has 0 bridgehead atoms. The molecular formula is C22H27NO2. The normalized spacial score (nSPS) is 20.7. The fourth-order valence-corrected chi connectivity index (χ4v) is 3.69. The third-order valence-corrected chi connectivity index (χ3v) is 5.28. The molecule has 1 aliphatic heterocycles. The van der Waals surface area contributed by atoms with Crippen molar-refractivity contribution in [1.29, 1.82) is 0 Å². The lowest BCUT2D eigenvalue weighted by Gasteiger charge is -2.33. The molecule has 1 amide bonds. The number of carbonyl (C=O) groups excluding carboxylic acids is 1. The van der Waals surface area contributed by atoms with Crippen molar-refractivity contribution in [2.75, 3.05) is 19.8 Å². The van der Waals surface area contributed by atoms with Gasteiger partial charge in [-0.05, 0) is 50.3 Å². The zero-order valence-electron chi connectivity index (χ0n) is 15.2. The Morgan fingerprint density at radius 3 is 2.68 bits per heavy atom. The van der Waals surface area contributed by atoms with Crippen molar-refractivity contribution in [3.8, 4) is 0 Å². The molecule has 0 aromatic heterocycles. The van der Waals surface area contributed by atoms with Gasteiger partial charge in [-0.3, -0.25) is 4.79 Å². The maximum atomic E-state index is 12.8. The average Bonchev–Trinajstić information content (AvgIpc) is 2.89. The molecule has 1 aliphatic rings. The van der Waals surface area contributed by atoms with E-state index in [0.717, 1.165) is 49.2 Å². The summed E-state index contributed by atoms with van der Waals surface area (Å²) in [6.07, 6.45) is 2.99. The molecule has 0 aliphatic carbocycles. The lowest BCUT2D eigenvalue weighted by molar-refractivity contribution is 0.0936. The van der Waals surface area contributed by atoms with Crippen molar-refractivity contribution < 1.29 is 9.53 Å². The molecule has 3 rings (SSSR count). The summed E-state index contributed by atoms with van der Waals surface area (Å²) in [6, 6.07) is 16.6. The van der Waals surface area contributed by atoms with E-state index in [-0.39, 0.29) is 11.3 Å². The second-order valence-electron chi connectivity index (χ2n) is 7.11. The Balaban J connectivity index is 1.81. The van der Waals surface area contributed by atoms with E-state index in [1.165, 1.54) is 5.56 Å². The van der Waals surface area contributed by atoms with Crippen LogP contribution in [0.15, 0.2) is 48.5 Å². The van der Waals surface area contributed by atoms with E-state index in [1.54, 1.807) is 0 Å². The maximum absolute atomic E-state index is 12.8. The largest absolute Gasteiger partial charge is 0.381 e. The van der Waals surface area contributed by atoms with E-state index in [1.807, 2.05) is 38.1 Å². The fraction of sp³-hybridized carbons (Fsp3) is 0.409. The number of nitrogens with one attached hydrogen (secondary N) is 1. The summed E-state index contributed by atoms with van der Waals surface area (Å²) in [7, 11) is 0. The third kappa shape index (κ3) is 4.10. The van der Waals surface area contributed by atoms with Crippen LogP contribution in [0, 0.1) is 13.8 Å². The number of rotatable bonds is 4. The molecule has 1 N–H and O–H groups in total. The van der Waals surface area contributed by atoms with Crippen LogP contribution < -0.4 is 5.32 Å². The number of carbonyl (C=O) groups is 1. The van der Waals surface area contributed by atoms with E-state index >= 15 is 0 Å². The van der Waals surface area contributed by atoms with Crippen LogP contribution >= 0.6 is 0 Å². The van der Waals surface area contributed by atoms with E-state index in [0.29, 0.717) is 6.54 Å². The van der Waals surface area contributed by atoms with Crippen molar-refractivity contribution in [2.45, 2.75) is 38.5 Å². The van der Waals surface area contributed by atoms with E-state index in [4.69, 9.17) is 4.74 Å². The van der Waals surface area contributed by atoms with Crippen molar-refractivity contribution in [2.24, 2.45) is 0 Å². The number of benzene rings is 2. The first-order chi connectivity index (χ1) is 12.1. The highest BCUT2D eigenvalue weighted by Crippen LogP contribution is 2.34. The van der Waals surface area contributed by atoms with Gasteiger partial charge in [-0.2, -0.15) is 0 Å². The maximum Gasteiger partial charge on any atom is 0.251 e. The van der Waals surface area contributed by atoms with Gasteiger partial charge in [0.1, 0.15) is 0 Å². The average molecular weight is 337 g/mol. The smallest absolute Gasteiger partial charge is 0.251 e. The Morgan fingerprint density at radius 2 is 1.88 bits per heavy atom. The number of hydrogen-bond donors (Lipinski definition) is 1. The topological polar surface area (TPSA) is 38.3 Å². The lowest BCUT2D eigenvalue weighted by atomic mass is 9.74. The highest BCUT2D eigenvalue weighted by Gasteiger charge is 2.33. The van der Waals surface area contributed by atoms with Crippen molar-refractivity contribution in [3.63, 3.8) is 0 Å². The van der Waals surface area contributed by atoms with Gasteiger partial charge < -0.3 is 10.1 Å². The zero-order chi connectivity index (χ0) is 17.7. The molecule has 1 heterocycles. The standard InChI is InChI=1S/C22H27NO2/c1-17-9-10-18(2)20(15-17)21(24)23-16-22(11-6-13-25-14-12-22)19-7-4-3-5-8-19/h3-5,7-10,15H,6,11-14,16H2,1-2H3,(H,23,24). The van der Waals surface area contributed by atoms with Crippen LogP contribution in [0.3, 0.4) is 0 Å². The van der Waals surface area contributed by atoms with Crippen LogP contribution in [0.25, 0.3) is 0 Å². The van der Waals surface area contributed by atoms with Gasteiger partial charge in [0.15, 0.2) is 0 Å². The second-order valence-corrected chi connectivity index (χ2v) is 7.11. The van der Waals surface area contributed by atoms with E-state index in [2.05, 4.69) is 29.6 Å². The molecular weight excluding hydrogens is 310 g/mol. The molecule has 0 radical (unpaired) electrons. The molecule has 1 fully saturated rings. The first kappa shape index (κ1) is 17.7. The van der Waals surface area contributed by atoms with Crippen molar-refractivity contribution in [1.82, 2.24) is 5.32 Å². The minimum absolute atomic E-state index is 0.0154. The summed E-state index contributed by atoms with van der Waals surface area (Å²) in [5.41, 5.74) is 4.14. The molecule has 25 heavy (non-hydrogen) atoms. The quantitative estimate of drug-likeness (QED) is 0.909. The fourth-order valence-electron chi connectivity index (χ4n) is 3.69. The molecule has 0 spiro atoms. The Labute approximate surface area is 150 Å². The minimum atomic E-state index is -0.0504. The number of hydrogen-bond acceptors (Lipinski definition) is 2. The molecule has 1 atom stereocenters. The monoisotopic (exact) mass is 337 g/mol. The second kappa shape index (κ2) is 7.83. The van der Waals surface area contributed by atoms with Crippen LogP contribution in [0.4, 0.5) is 0 Å². The van der Waals surface area contributed by atoms with Gasteiger partial charge in [0.25, 0.3) is 5.91 Å². The Morgan fingerprint density at radius 1 is 1.08 bits per heavy atom. The van der Waals surface area contributed by atoms with Gasteiger partial charge in [0.05, 0.1) is 0 Å². The van der Waals surface area contributed by atoms with Crippen molar-refractivity contribution >= 4 is 5.91 Å². The van der Waals surface area contributed by atoms with Gasteiger partial charge in [-0.15, -0.1) is 0 Å². The number of aryl methyl sites for hydroxylation is 2. The minimum Gasteiger partial charge on any atom is -0.381 e. The van der Waals surface area contributed by atoms with Crippen LogP contribution in [0.5, 0.6) is 0 Å². The molecule has 0 saturated carbocycles. The number of amides is 1. The lowest BCUT2D eigenvalue weighted by Crippen LogP contribution is -2.41. The number of ether oxygens (including phenoxy) is 1. The molecule has 3 heteroatoms. The summed E-state index contributed by atoms with van der Waals surface area (Å²) < 4.78 is 5.68. The summed E-state index contributed by atoms with van der Waals surface area (Å²) in [5, 5.41) is 3.21. The van der Waals surface area contributed by atoms with Crippen LogP contribution in [0.1, 0.15) is 46.3 Å². The summed E-state index contributed by atoms with van der Waals surface area (Å²) in [6.45, 7) is 6.20. The zero-order valence-corrected chi connectivity index (χ0v) is 15.2. The van der Waals surface area contributed by atoms with Gasteiger partial charge >= 0.3 is 0 Å².